The van der Waals surface area contributed by atoms with Gasteiger partial charge in [0, 0.05) is 44.5 Å². The predicted molar refractivity (Wildman–Crippen MR) is 116 cm³/mol. The van der Waals surface area contributed by atoms with Crippen molar-refractivity contribution in [3.8, 4) is 11.3 Å². The van der Waals surface area contributed by atoms with Crippen LogP contribution in [0.2, 0.25) is 0 Å². The Kier molecular flexibility index (Phi) is 7.42. The second kappa shape index (κ2) is 10.4. The number of anilines is 2. The Morgan fingerprint density at radius 2 is 1.90 bits per heavy atom. The first-order chi connectivity index (χ1) is 15.0. The molecular formula is C22H24F2N6O. The van der Waals surface area contributed by atoms with Crippen molar-refractivity contribution in [1.82, 2.24) is 20.5 Å². The van der Waals surface area contributed by atoms with Gasteiger partial charge in [0.2, 0.25) is 0 Å². The van der Waals surface area contributed by atoms with Crippen molar-refractivity contribution in [2.24, 2.45) is 0 Å². The monoisotopic (exact) mass is 426 g/mol. The van der Waals surface area contributed by atoms with Crippen LogP contribution in [0.3, 0.4) is 0 Å². The van der Waals surface area contributed by atoms with Crippen molar-refractivity contribution in [2.45, 2.75) is 19.0 Å². The second-order valence-electron chi connectivity index (χ2n) is 6.91. The average molecular weight is 426 g/mol. The van der Waals surface area contributed by atoms with Gasteiger partial charge in [-0.2, -0.15) is 0 Å². The van der Waals surface area contributed by atoms with Gasteiger partial charge in [-0.3, -0.25) is 9.88 Å². The van der Waals surface area contributed by atoms with Crippen LogP contribution in [0, 0.1) is 5.82 Å². The van der Waals surface area contributed by atoms with Gasteiger partial charge in [0.15, 0.2) is 0 Å². The molecule has 2 amide bonds. The summed E-state index contributed by atoms with van der Waals surface area (Å²) in [7, 11) is 3.26. The van der Waals surface area contributed by atoms with Crippen molar-refractivity contribution in [3.63, 3.8) is 0 Å². The van der Waals surface area contributed by atoms with E-state index < -0.39 is 12.0 Å². The molecule has 2 aromatic heterocycles. The van der Waals surface area contributed by atoms with Crippen LogP contribution in [0.4, 0.5) is 25.1 Å². The Labute approximate surface area is 179 Å². The van der Waals surface area contributed by atoms with Crippen LogP contribution in [0.5, 0.6) is 0 Å². The van der Waals surface area contributed by atoms with Gasteiger partial charge < -0.3 is 10.6 Å². The molecule has 162 valence electrons. The van der Waals surface area contributed by atoms with E-state index in [4.69, 9.17) is 0 Å². The predicted octanol–water partition coefficient (Wildman–Crippen LogP) is 3.84. The Balaban J connectivity index is 1.51. The van der Waals surface area contributed by atoms with Crippen LogP contribution in [0.15, 0.2) is 54.7 Å². The number of halogens is 2. The smallest absolute Gasteiger partial charge is 0.321 e. The van der Waals surface area contributed by atoms with Gasteiger partial charge in [-0.15, -0.1) is 10.2 Å². The topological polar surface area (TPSA) is 83.0 Å². The van der Waals surface area contributed by atoms with Crippen molar-refractivity contribution < 1.29 is 13.6 Å². The average Bonchev–Trinajstić information content (AvgIpc) is 2.80. The molecule has 0 fully saturated rings. The summed E-state index contributed by atoms with van der Waals surface area (Å²) in [6.07, 6.45) is 0.369. The lowest BCUT2D eigenvalue weighted by molar-refractivity contribution is 0.249. The number of aromatic nitrogens is 3. The van der Waals surface area contributed by atoms with Gasteiger partial charge in [-0.25, -0.2) is 13.6 Å². The van der Waals surface area contributed by atoms with Gasteiger partial charge in [-0.1, -0.05) is 12.1 Å². The number of urea groups is 1. The molecule has 2 N–H and O–H groups in total. The highest BCUT2D eigenvalue weighted by atomic mass is 19.1. The minimum Gasteiger partial charge on any atom is -0.368 e. The van der Waals surface area contributed by atoms with Crippen LogP contribution in [-0.2, 0) is 6.42 Å². The second-order valence-corrected chi connectivity index (χ2v) is 6.91. The van der Waals surface area contributed by atoms with Crippen LogP contribution < -0.4 is 15.5 Å². The van der Waals surface area contributed by atoms with E-state index >= 15 is 0 Å². The van der Waals surface area contributed by atoms with Gasteiger partial charge in [0.25, 0.3) is 0 Å². The van der Waals surface area contributed by atoms with E-state index in [1.54, 1.807) is 20.2 Å². The Morgan fingerprint density at radius 1 is 1.13 bits per heavy atom. The standard InChI is InChI=1S/C22H24F2N6O/c1-25-22(31)30(2)17-7-5-15(6-8-17)19-9-10-21(29-28-19)27-13-11-16(23)14-20-18(24)4-3-12-26-20/h3-10,12,16H,11,13-14H2,1-2H3,(H,25,31)(H,27,29)/t16-/m0/s1. The molecule has 3 rings (SSSR count). The minimum atomic E-state index is -1.21. The number of amides is 2. The molecule has 0 unspecified atom stereocenters. The van der Waals surface area contributed by atoms with Crippen molar-refractivity contribution in [3.05, 3.63) is 66.2 Å². The highest BCUT2D eigenvalue weighted by Gasteiger charge is 2.12. The lowest BCUT2D eigenvalue weighted by atomic mass is 10.1. The minimum absolute atomic E-state index is 0.0654. The summed E-state index contributed by atoms with van der Waals surface area (Å²) in [5, 5.41) is 13.9. The molecule has 31 heavy (non-hydrogen) atoms. The molecule has 0 saturated carbocycles. The third-order valence-corrected chi connectivity index (χ3v) is 4.75. The fourth-order valence-electron chi connectivity index (χ4n) is 2.96. The van der Waals surface area contributed by atoms with Crippen LogP contribution in [-0.4, -0.2) is 48.0 Å². The molecule has 1 atom stereocenters. The molecule has 3 aromatic rings. The number of nitrogens with one attached hydrogen (secondary N) is 2. The zero-order chi connectivity index (χ0) is 22.2. The third kappa shape index (κ3) is 5.94. The van der Waals surface area contributed by atoms with E-state index in [-0.39, 0.29) is 24.6 Å². The summed E-state index contributed by atoms with van der Waals surface area (Å²) in [6, 6.07) is 13.5. The lowest BCUT2D eigenvalue weighted by Gasteiger charge is -2.16. The summed E-state index contributed by atoms with van der Waals surface area (Å²) in [6.45, 7) is 0.337. The first kappa shape index (κ1) is 22.1. The Morgan fingerprint density at radius 3 is 2.55 bits per heavy atom. The Bertz CT molecular complexity index is 998. The summed E-state index contributed by atoms with van der Waals surface area (Å²) in [5.74, 6) is 0.0313. The summed E-state index contributed by atoms with van der Waals surface area (Å²) < 4.78 is 27.7. The first-order valence-electron chi connectivity index (χ1n) is 9.85. The number of carbonyl (C=O) groups excluding carboxylic acids is 1. The Hall–Kier alpha value is -3.62. The normalized spacial score (nSPS) is 11.6. The fourth-order valence-corrected chi connectivity index (χ4v) is 2.96. The number of hydrogen-bond donors (Lipinski definition) is 2. The molecule has 0 spiro atoms. The fraction of sp³-hybridized carbons (Fsp3) is 0.273. The molecule has 1 aromatic carbocycles. The van der Waals surface area contributed by atoms with E-state index in [9.17, 15) is 13.6 Å². The number of alkyl halides is 1. The number of hydrogen-bond acceptors (Lipinski definition) is 5. The zero-order valence-electron chi connectivity index (χ0n) is 17.3. The highest BCUT2D eigenvalue weighted by Crippen LogP contribution is 2.21. The molecule has 9 heteroatoms. The van der Waals surface area contributed by atoms with E-state index in [2.05, 4.69) is 25.8 Å². The largest absolute Gasteiger partial charge is 0.368 e. The molecule has 0 aliphatic heterocycles. The van der Waals surface area contributed by atoms with E-state index in [0.717, 1.165) is 11.3 Å². The quantitative estimate of drug-likeness (QED) is 0.572. The van der Waals surface area contributed by atoms with Crippen LogP contribution in [0.1, 0.15) is 12.1 Å². The summed E-state index contributed by atoms with van der Waals surface area (Å²) in [4.78, 5) is 17.1. The molecule has 2 heterocycles. The van der Waals surface area contributed by atoms with Crippen LogP contribution >= 0.6 is 0 Å². The summed E-state index contributed by atoms with van der Waals surface area (Å²) >= 11 is 0. The van der Waals surface area contributed by atoms with Crippen molar-refractivity contribution >= 4 is 17.5 Å². The first-order valence-corrected chi connectivity index (χ1v) is 9.85. The summed E-state index contributed by atoms with van der Waals surface area (Å²) in [5.41, 5.74) is 2.41. The van der Waals surface area contributed by atoms with E-state index in [1.807, 2.05) is 30.3 Å². The van der Waals surface area contributed by atoms with Crippen LogP contribution in [0.25, 0.3) is 11.3 Å². The molecule has 7 nitrogen and oxygen atoms in total. The highest BCUT2D eigenvalue weighted by molar-refractivity contribution is 5.91. The molecule has 0 radical (unpaired) electrons. The third-order valence-electron chi connectivity index (χ3n) is 4.75. The number of rotatable bonds is 8. The van der Waals surface area contributed by atoms with Gasteiger partial charge in [0.1, 0.15) is 17.8 Å². The van der Waals surface area contributed by atoms with Gasteiger partial charge in [0.05, 0.1) is 11.4 Å². The SMILES string of the molecule is CNC(=O)N(C)c1ccc(-c2ccc(NCC[C@H](F)Cc3ncccc3F)nn2)cc1. The number of carbonyl (C=O) groups is 1. The zero-order valence-corrected chi connectivity index (χ0v) is 17.3. The molecule has 0 saturated heterocycles. The lowest BCUT2D eigenvalue weighted by Crippen LogP contribution is -2.34. The van der Waals surface area contributed by atoms with E-state index in [0.29, 0.717) is 18.1 Å². The maximum Gasteiger partial charge on any atom is 0.321 e. The molecule has 0 bridgehead atoms. The van der Waals surface area contributed by atoms with Crippen molar-refractivity contribution in [2.75, 3.05) is 30.9 Å². The molecule has 0 aliphatic rings. The van der Waals surface area contributed by atoms with Gasteiger partial charge >= 0.3 is 6.03 Å². The van der Waals surface area contributed by atoms with Gasteiger partial charge in [-0.05, 0) is 42.8 Å². The molecular weight excluding hydrogens is 402 g/mol. The number of nitrogens with zero attached hydrogens (tertiary/aromatic N) is 4. The van der Waals surface area contributed by atoms with Crippen molar-refractivity contribution in [1.29, 1.82) is 0 Å². The molecule has 0 aliphatic carbocycles. The number of pyridine rings is 1. The van der Waals surface area contributed by atoms with E-state index in [1.165, 1.54) is 23.2 Å². The number of benzene rings is 1. The maximum absolute atomic E-state index is 14.1. The maximum atomic E-state index is 14.1.